The quantitative estimate of drug-likeness (QED) is 0.723. The predicted octanol–water partition coefficient (Wildman–Crippen LogP) is 3.64. The molecule has 1 atom stereocenters. The van der Waals surface area contributed by atoms with Gasteiger partial charge in [-0.3, -0.25) is 4.90 Å². The van der Waals surface area contributed by atoms with Crippen molar-refractivity contribution in [2.45, 2.75) is 44.3 Å². The Morgan fingerprint density at radius 2 is 2.00 bits per heavy atom. The lowest BCUT2D eigenvalue weighted by molar-refractivity contribution is 0.186. The number of hydrogen-bond acceptors (Lipinski definition) is 5. The van der Waals surface area contributed by atoms with Crippen LogP contribution in [0.15, 0.2) is 18.2 Å². The van der Waals surface area contributed by atoms with Gasteiger partial charge in [0.1, 0.15) is 17.3 Å². The van der Waals surface area contributed by atoms with E-state index in [1.165, 1.54) is 18.4 Å². The lowest BCUT2D eigenvalue weighted by Crippen LogP contribution is -2.27. The summed E-state index contributed by atoms with van der Waals surface area (Å²) < 4.78 is 15.9. The third-order valence-corrected chi connectivity index (χ3v) is 5.98. The molecule has 0 radical (unpaired) electrons. The van der Waals surface area contributed by atoms with Crippen LogP contribution in [-0.4, -0.2) is 40.0 Å². The van der Waals surface area contributed by atoms with Crippen LogP contribution >= 0.6 is 12.2 Å². The monoisotopic (exact) mass is 374 g/mol. The summed E-state index contributed by atoms with van der Waals surface area (Å²) in [6.07, 6.45) is 4.71. The van der Waals surface area contributed by atoms with Crippen LogP contribution in [0.3, 0.4) is 0 Å². The number of rotatable bonds is 6. The molecule has 1 unspecified atom stereocenters. The van der Waals surface area contributed by atoms with Gasteiger partial charge in [-0.25, -0.2) is 4.68 Å². The van der Waals surface area contributed by atoms with Crippen molar-refractivity contribution in [2.75, 3.05) is 20.8 Å². The number of aromatic nitrogens is 3. The van der Waals surface area contributed by atoms with Crippen molar-refractivity contribution in [3.63, 3.8) is 0 Å². The van der Waals surface area contributed by atoms with Crippen LogP contribution < -0.4 is 9.47 Å². The highest BCUT2D eigenvalue weighted by atomic mass is 32.1. The van der Waals surface area contributed by atoms with Gasteiger partial charge in [0.15, 0.2) is 4.77 Å². The number of ether oxygens (including phenoxy) is 2. The van der Waals surface area contributed by atoms with E-state index in [1.807, 2.05) is 23.9 Å². The first kappa shape index (κ1) is 17.5. The maximum absolute atomic E-state index is 5.63. The van der Waals surface area contributed by atoms with Gasteiger partial charge in [-0.05, 0) is 56.1 Å². The Labute approximate surface area is 159 Å². The maximum atomic E-state index is 5.63. The van der Waals surface area contributed by atoms with Gasteiger partial charge >= 0.3 is 0 Å². The smallest absolute Gasteiger partial charge is 0.198 e. The Bertz CT molecular complexity index is 856. The van der Waals surface area contributed by atoms with Crippen LogP contribution in [0.1, 0.15) is 49.0 Å². The number of hydrogen-bond donors (Lipinski definition) is 0. The van der Waals surface area contributed by atoms with Gasteiger partial charge in [0, 0.05) is 31.1 Å². The summed E-state index contributed by atoms with van der Waals surface area (Å²) in [6.45, 7) is 1.74. The Balaban J connectivity index is 1.62. The van der Waals surface area contributed by atoms with E-state index in [4.69, 9.17) is 26.8 Å². The zero-order valence-electron chi connectivity index (χ0n) is 15.6. The molecule has 1 aromatic carbocycles. The second-order valence-electron chi connectivity index (χ2n) is 7.19. The molecule has 140 valence electrons. The molecule has 0 amide bonds. The minimum atomic E-state index is 0.285. The summed E-state index contributed by atoms with van der Waals surface area (Å²) in [5, 5.41) is 4.82. The van der Waals surface area contributed by atoms with Crippen LogP contribution in [0.5, 0.6) is 11.5 Å². The van der Waals surface area contributed by atoms with Crippen LogP contribution in [0, 0.1) is 4.77 Å². The molecule has 0 N–H and O–H groups in total. The van der Waals surface area contributed by atoms with Gasteiger partial charge in [-0.2, -0.15) is 5.10 Å². The van der Waals surface area contributed by atoms with Gasteiger partial charge in [0.25, 0.3) is 0 Å². The average Bonchev–Trinajstić information content (AvgIpc) is 3.34. The molecule has 1 aromatic heterocycles. The van der Waals surface area contributed by atoms with E-state index in [0.29, 0.717) is 12.6 Å². The molecule has 4 rings (SSSR count). The first-order valence-corrected chi connectivity index (χ1v) is 9.63. The van der Waals surface area contributed by atoms with Crippen LogP contribution in [0.25, 0.3) is 0 Å². The Kier molecular flexibility index (Phi) is 4.75. The summed E-state index contributed by atoms with van der Waals surface area (Å²) in [5.74, 6) is 3.49. The molecule has 1 saturated heterocycles. The molecule has 2 heterocycles. The first-order chi connectivity index (χ1) is 12.6. The van der Waals surface area contributed by atoms with Gasteiger partial charge in [-0.15, -0.1) is 0 Å². The van der Waals surface area contributed by atoms with E-state index < -0.39 is 0 Å². The largest absolute Gasteiger partial charge is 0.497 e. The SMILES string of the molecule is COc1ccc(OC)c(C2CCCN2Cn2nc(C3CC3)n(C)c2=S)c1. The zero-order chi connectivity index (χ0) is 18.3. The van der Waals surface area contributed by atoms with Crippen molar-refractivity contribution >= 4 is 12.2 Å². The molecule has 2 aliphatic rings. The van der Waals surface area contributed by atoms with Crippen LogP contribution in [0.2, 0.25) is 0 Å². The van der Waals surface area contributed by atoms with Gasteiger partial charge < -0.3 is 14.0 Å². The molecule has 2 aromatic rings. The van der Waals surface area contributed by atoms with E-state index in [1.54, 1.807) is 14.2 Å². The maximum Gasteiger partial charge on any atom is 0.198 e. The molecule has 1 aliphatic heterocycles. The van der Waals surface area contributed by atoms with Crippen molar-refractivity contribution in [2.24, 2.45) is 7.05 Å². The number of likely N-dealkylation sites (tertiary alicyclic amines) is 1. The first-order valence-electron chi connectivity index (χ1n) is 9.22. The summed E-state index contributed by atoms with van der Waals surface area (Å²) in [7, 11) is 5.46. The standard InChI is InChI=1S/C19H26N4O2S/c1-21-18(13-6-7-13)20-23(19(21)26)12-22-10-4-5-16(22)15-11-14(24-2)8-9-17(15)25-3/h8-9,11,13,16H,4-7,10,12H2,1-3H3. The molecular formula is C19H26N4O2S. The van der Waals surface area contributed by atoms with Gasteiger partial charge in [0.05, 0.1) is 20.9 Å². The lowest BCUT2D eigenvalue weighted by Gasteiger charge is -2.26. The van der Waals surface area contributed by atoms with Crippen LogP contribution in [-0.2, 0) is 13.7 Å². The van der Waals surface area contributed by atoms with E-state index in [-0.39, 0.29) is 6.04 Å². The Morgan fingerprint density at radius 1 is 1.19 bits per heavy atom. The fourth-order valence-electron chi connectivity index (χ4n) is 3.91. The highest BCUT2D eigenvalue weighted by molar-refractivity contribution is 7.71. The summed E-state index contributed by atoms with van der Waals surface area (Å²) in [4.78, 5) is 2.44. The number of methoxy groups -OCH3 is 2. The average molecular weight is 375 g/mol. The fourth-order valence-corrected chi connectivity index (χ4v) is 4.11. The minimum absolute atomic E-state index is 0.285. The molecular weight excluding hydrogens is 348 g/mol. The van der Waals surface area contributed by atoms with E-state index in [2.05, 4.69) is 15.5 Å². The number of nitrogens with zero attached hydrogens (tertiary/aromatic N) is 4. The predicted molar refractivity (Wildman–Crippen MR) is 102 cm³/mol. The second-order valence-corrected chi connectivity index (χ2v) is 7.56. The van der Waals surface area contributed by atoms with Gasteiger partial charge in [0.2, 0.25) is 0 Å². The van der Waals surface area contributed by atoms with Crippen molar-refractivity contribution in [3.05, 3.63) is 34.4 Å². The van der Waals surface area contributed by atoms with Crippen molar-refractivity contribution < 1.29 is 9.47 Å². The number of benzene rings is 1. The molecule has 6 nitrogen and oxygen atoms in total. The molecule has 1 aliphatic carbocycles. The van der Waals surface area contributed by atoms with Crippen molar-refractivity contribution in [1.29, 1.82) is 0 Å². The zero-order valence-corrected chi connectivity index (χ0v) is 16.5. The molecule has 0 bridgehead atoms. The summed E-state index contributed by atoms with van der Waals surface area (Å²) in [6, 6.07) is 6.31. The molecule has 0 spiro atoms. The van der Waals surface area contributed by atoms with E-state index in [9.17, 15) is 0 Å². The Hall–Kier alpha value is -1.86. The molecule has 7 heteroatoms. The topological polar surface area (TPSA) is 44.5 Å². The Morgan fingerprint density at radius 3 is 2.69 bits per heavy atom. The van der Waals surface area contributed by atoms with Crippen molar-refractivity contribution in [3.8, 4) is 11.5 Å². The third-order valence-electron chi connectivity index (χ3n) is 5.49. The summed E-state index contributed by atoms with van der Waals surface area (Å²) in [5.41, 5.74) is 1.18. The normalized spacial score (nSPS) is 20.5. The van der Waals surface area contributed by atoms with E-state index >= 15 is 0 Å². The second kappa shape index (κ2) is 7.04. The van der Waals surface area contributed by atoms with E-state index in [0.717, 1.165) is 41.5 Å². The third kappa shape index (κ3) is 3.14. The molecule has 26 heavy (non-hydrogen) atoms. The molecule has 2 fully saturated rings. The van der Waals surface area contributed by atoms with Gasteiger partial charge in [-0.1, -0.05) is 0 Å². The van der Waals surface area contributed by atoms with Crippen LogP contribution in [0.4, 0.5) is 0 Å². The lowest BCUT2D eigenvalue weighted by atomic mass is 10.0. The highest BCUT2D eigenvalue weighted by Crippen LogP contribution is 2.40. The van der Waals surface area contributed by atoms with Crippen molar-refractivity contribution in [1.82, 2.24) is 19.2 Å². The highest BCUT2D eigenvalue weighted by Gasteiger charge is 2.32. The fraction of sp³-hybridized carbons (Fsp3) is 0.579. The molecule has 1 saturated carbocycles. The summed E-state index contributed by atoms with van der Waals surface area (Å²) >= 11 is 5.63. The minimum Gasteiger partial charge on any atom is -0.497 e.